The largest absolute Gasteiger partial charge is 0.351 e. The second kappa shape index (κ2) is 5.75. The predicted molar refractivity (Wildman–Crippen MR) is 56.2 cm³/mol. The van der Waals surface area contributed by atoms with Crippen molar-refractivity contribution in [2.24, 2.45) is 0 Å². The Labute approximate surface area is 83.0 Å². The highest BCUT2D eigenvalue weighted by atomic mass is 32.1. The van der Waals surface area contributed by atoms with Crippen molar-refractivity contribution in [3.05, 3.63) is 22.4 Å². The number of rotatable bonds is 5. The summed E-state index contributed by atoms with van der Waals surface area (Å²) >= 11 is 1.48. The van der Waals surface area contributed by atoms with Gasteiger partial charge in [0, 0.05) is 6.54 Å². The second-order valence-electron chi connectivity index (χ2n) is 2.94. The minimum Gasteiger partial charge on any atom is -0.351 e. The maximum absolute atomic E-state index is 11.4. The van der Waals surface area contributed by atoms with E-state index >= 15 is 0 Å². The molecule has 13 heavy (non-hydrogen) atoms. The van der Waals surface area contributed by atoms with Gasteiger partial charge in [-0.05, 0) is 17.9 Å². The summed E-state index contributed by atoms with van der Waals surface area (Å²) in [5.41, 5.74) is 0. The summed E-state index contributed by atoms with van der Waals surface area (Å²) in [5.74, 6) is 0.0612. The molecule has 0 unspecified atom stereocenters. The standard InChI is InChI=1S/C10H15NOS/c1-2-3-4-7-11-10(12)9-6-5-8-13-9/h5-6,8H,2-4,7H2,1H3,(H,11,12). The molecular weight excluding hydrogens is 182 g/mol. The van der Waals surface area contributed by atoms with Gasteiger partial charge in [-0.1, -0.05) is 25.8 Å². The van der Waals surface area contributed by atoms with E-state index in [4.69, 9.17) is 0 Å². The van der Waals surface area contributed by atoms with E-state index < -0.39 is 0 Å². The number of hydrogen-bond acceptors (Lipinski definition) is 2. The lowest BCUT2D eigenvalue weighted by Gasteiger charge is -2.01. The molecule has 0 atom stereocenters. The van der Waals surface area contributed by atoms with Crippen molar-refractivity contribution in [3.63, 3.8) is 0 Å². The quantitative estimate of drug-likeness (QED) is 0.722. The molecule has 0 radical (unpaired) electrons. The van der Waals surface area contributed by atoms with Crippen LogP contribution in [0.3, 0.4) is 0 Å². The van der Waals surface area contributed by atoms with Crippen LogP contribution in [0, 0.1) is 0 Å². The highest BCUT2D eigenvalue weighted by Gasteiger charge is 2.03. The maximum Gasteiger partial charge on any atom is 0.261 e. The molecule has 0 aromatic carbocycles. The van der Waals surface area contributed by atoms with Crippen LogP contribution in [-0.4, -0.2) is 12.5 Å². The number of carbonyl (C=O) groups is 1. The molecule has 0 saturated heterocycles. The van der Waals surface area contributed by atoms with Crippen LogP contribution in [0.15, 0.2) is 17.5 Å². The summed E-state index contributed by atoms with van der Waals surface area (Å²) in [6, 6.07) is 3.74. The lowest BCUT2D eigenvalue weighted by atomic mass is 10.2. The van der Waals surface area contributed by atoms with Crippen LogP contribution in [0.1, 0.15) is 35.9 Å². The third-order valence-corrected chi connectivity index (χ3v) is 2.68. The molecule has 0 aliphatic carbocycles. The first-order valence-corrected chi connectivity index (χ1v) is 5.54. The molecule has 2 nitrogen and oxygen atoms in total. The van der Waals surface area contributed by atoms with Crippen molar-refractivity contribution in [2.45, 2.75) is 26.2 Å². The topological polar surface area (TPSA) is 29.1 Å². The fourth-order valence-electron chi connectivity index (χ4n) is 1.07. The fraction of sp³-hybridized carbons (Fsp3) is 0.500. The minimum absolute atomic E-state index is 0.0612. The third kappa shape index (κ3) is 3.59. The first kappa shape index (κ1) is 10.3. The van der Waals surface area contributed by atoms with Crippen molar-refractivity contribution in [1.29, 1.82) is 0 Å². The summed E-state index contributed by atoms with van der Waals surface area (Å²) in [7, 11) is 0. The zero-order valence-electron chi connectivity index (χ0n) is 7.88. The Hall–Kier alpha value is -0.830. The SMILES string of the molecule is CCCCCNC(=O)c1cccs1. The van der Waals surface area contributed by atoms with Crippen molar-refractivity contribution >= 4 is 17.2 Å². The average Bonchev–Trinajstić information content (AvgIpc) is 2.65. The molecule has 0 aliphatic rings. The lowest BCUT2D eigenvalue weighted by molar-refractivity contribution is 0.0957. The highest BCUT2D eigenvalue weighted by molar-refractivity contribution is 7.12. The monoisotopic (exact) mass is 197 g/mol. The van der Waals surface area contributed by atoms with Crippen LogP contribution in [0.25, 0.3) is 0 Å². The fourth-order valence-corrected chi connectivity index (χ4v) is 1.71. The van der Waals surface area contributed by atoms with Crippen LogP contribution in [0.4, 0.5) is 0 Å². The molecule has 0 fully saturated rings. The van der Waals surface area contributed by atoms with E-state index in [9.17, 15) is 4.79 Å². The highest BCUT2D eigenvalue weighted by Crippen LogP contribution is 2.07. The normalized spacial score (nSPS) is 9.92. The minimum atomic E-state index is 0.0612. The Morgan fingerprint density at radius 2 is 2.38 bits per heavy atom. The molecule has 3 heteroatoms. The molecule has 0 bridgehead atoms. The molecule has 1 rings (SSSR count). The Kier molecular flexibility index (Phi) is 4.54. The Morgan fingerprint density at radius 1 is 1.54 bits per heavy atom. The van der Waals surface area contributed by atoms with E-state index in [-0.39, 0.29) is 5.91 Å². The number of hydrogen-bond donors (Lipinski definition) is 1. The van der Waals surface area contributed by atoms with Crippen LogP contribution in [0.2, 0.25) is 0 Å². The zero-order valence-corrected chi connectivity index (χ0v) is 8.69. The predicted octanol–water partition coefficient (Wildman–Crippen LogP) is 2.67. The first-order chi connectivity index (χ1) is 6.34. The number of nitrogens with one attached hydrogen (secondary N) is 1. The lowest BCUT2D eigenvalue weighted by Crippen LogP contribution is -2.23. The van der Waals surface area contributed by atoms with E-state index in [1.807, 2.05) is 17.5 Å². The second-order valence-corrected chi connectivity index (χ2v) is 3.89. The van der Waals surface area contributed by atoms with E-state index in [1.165, 1.54) is 24.2 Å². The molecule has 0 saturated carbocycles. The Balaban J connectivity index is 2.19. The van der Waals surface area contributed by atoms with Gasteiger partial charge in [0.25, 0.3) is 5.91 Å². The van der Waals surface area contributed by atoms with E-state index in [0.717, 1.165) is 17.8 Å². The molecular formula is C10H15NOS. The van der Waals surface area contributed by atoms with Crippen LogP contribution < -0.4 is 5.32 Å². The van der Waals surface area contributed by atoms with Gasteiger partial charge in [-0.15, -0.1) is 11.3 Å². The Morgan fingerprint density at radius 3 is 3.00 bits per heavy atom. The number of unbranched alkanes of at least 4 members (excludes halogenated alkanes) is 2. The number of carbonyl (C=O) groups excluding carboxylic acids is 1. The average molecular weight is 197 g/mol. The summed E-state index contributed by atoms with van der Waals surface area (Å²) < 4.78 is 0. The maximum atomic E-state index is 11.4. The zero-order chi connectivity index (χ0) is 9.52. The van der Waals surface area contributed by atoms with E-state index in [0.29, 0.717) is 0 Å². The third-order valence-electron chi connectivity index (χ3n) is 1.81. The molecule has 1 amide bonds. The van der Waals surface area contributed by atoms with Crippen LogP contribution >= 0.6 is 11.3 Å². The van der Waals surface area contributed by atoms with Gasteiger partial charge in [0.05, 0.1) is 4.88 Å². The van der Waals surface area contributed by atoms with Crippen molar-refractivity contribution in [1.82, 2.24) is 5.32 Å². The molecule has 1 aromatic heterocycles. The van der Waals surface area contributed by atoms with Crippen molar-refractivity contribution in [3.8, 4) is 0 Å². The van der Waals surface area contributed by atoms with Gasteiger partial charge in [-0.2, -0.15) is 0 Å². The van der Waals surface area contributed by atoms with Crippen molar-refractivity contribution < 1.29 is 4.79 Å². The number of thiophene rings is 1. The summed E-state index contributed by atoms with van der Waals surface area (Å²) in [4.78, 5) is 12.2. The summed E-state index contributed by atoms with van der Waals surface area (Å²) in [5, 5.41) is 4.81. The molecule has 1 N–H and O–H groups in total. The summed E-state index contributed by atoms with van der Waals surface area (Å²) in [6.07, 6.45) is 3.45. The van der Waals surface area contributed by atoms with Gasteiger partial charge in [-0.3, -0.25) is 4.79 Å². The van der Waals surface area contributed by atoms with Gasteiger partial charge >= 0.3 is 0 Å². The summed E-state index contributed by atoms with van der Waals surface area (Å²) in [6.45, 7) is 2.95. The van der Waals surface area contributed by atoms with Crippen LogP contribution in [0.5, 0.6) is 0 Å². The molecule has 1 aromatic rings. The van der Waals surface area contributed by atoms with Gasteiger partial charge in [0.1, 0.15) is 0 Å². The Bertz CT molecular complexity index is 243. The van der Waals surface area contributed by atoms with Crippen LogP contribution in [-0.2, 0) is 0 Å². The molecule has 72 valence electrons. The molecule has 0 spiro atoms. The van der Waals surface area contributed by atoms with E-state index in [1.54, 1.807) is 0 Å². The smallest absolute Gasteiger partial charge is 0.261 e. The number of amides is 1. The molecule has 1 heterocycles. The van der Waals surface area contributed by atoms with Gasteiger partial charge in [0.15, 0.2) is 0 Å². The molecule has 0 aliphatic heterocycles. The van der Waals surface area contributed by atoms with E-state index in [2.05, 4.69) is 12.2 Å². The van der Waals surface area contributed by atoms with Gasteiger partial charge < -0.3 is 5.32 Å². The van der Waals surface area contributed by atoms with Gasteiger partial charge in [0.2, 0.25) is 0 Å². The van der Waals surface area contributed by atoms with Crippen molar-refractivity contribution in [2.75, 3.05) is 6.54 Å². The first-order valence-electron chi connectivity index (χ1n) is 4.66. The van der Waals surface area contributed by atoms with Gasteiger partial charge in [-0.25, -0.2) is 0 Å².